The summed E-state index contributed by atoms with van der Waals surface area (Å²) in [5.41, 5.74) is 8.36. The lowest BCUT2D eigenvalue weighted by molar-refractivity contribution is -0.115. The van der Waals surface area contributed by atoms with Gasteiger partial charge in [0, 0.05) is 36.1 Å². The van der Waals surface area contributed by atoms with Gasteiger partial charge in [0.2, 0.25) is 0 Å². The number of allylic oxidation sites excluding steroid dienone is 10. The smallest absolute Gasteiger partial charge is 0.159 e. The maximum atomic E-state index is 13.8. The Morgan fingerprint density at radius 1 is 1.11 bits per heavy atom. The summed E-state index contributed by atoms with van der Waals surface area (Å²) < 4.78 is 0. The number of ketones is 1. The van der Waals surface area contributed by atoms with E-state index in [0.717, 1.165) is 49.4 Å². The molecule has 0 N–H and O–H groups in total. The number of carbonyl (C=O) groups is 1. The average molecular weight is 484 g/mol. The van der Waals surface area contributed by atoms with E-state index in [-0.39, 0.29) is 11.7 Å². The van der Waals surface area contributed by atoms with E-state index in [9.17, 15) is 4.79 Å². The maximum absolute atomic E-state index is 13.8. The topological polar surface area (TPSA) is 29.4 Å². The molecule has 2 heteroatoms. The minimum absolute atomic E-state index is 0.0816. The fourth-order valence-electron chi connectivity index (χ4n) is 5.42. The monoisotopic (exact) mass is 483 g/mol. The van der Waals surface area contributed by atoms with Crippen LogP contribution < -0.4 is 0 Å². The maximum Gasteiger partial charge on any atom is 0.159 e. The molecule has 0 spiro atoms. The highest BCUT2D eigenvalue weighted by atomic mass is 16.1. The Morgan fingerprint density at radius 3 is 2.50 bits per heavy atom. The van der Waals surface area contributed by atoms with Crippen LogP contribution in [0, 0.1) is 11.8 Å². The quantitative estimate of drug-likeness (QED) is 0.119. The molecule has 0 aliphatic heterocycles. The number of unbranched alkanes of at least 4 members (excludes halogenated alkanes) is 1. The number of hydrogen-bond donors (Lipinski definition) is 0. The normalized spacial score (nSPS) is 20.5. The molecule has 2 aliphatic rings. The summed E-state index contributed by atoms with van der Waals surface area (Å²) in [6.45, 7) is 13.6. The largest absolute Gasteiger partial charge is 0.295 e. The van der Waals surface area contributed by atoms with Gasteiger partial charge in [-0.25, -0.2) is 0 Å². The number of fused-ring (bicyclic) bond motifs is 1. The van der Waals surface area contributed by atoms with E-state index in [1.54, 1.807) is 0 Å². The lowest BCUT2D eigenvalue weighted by atomic mass is 9.76. The number of carbonyl (C=O) groups excluding carboxylic acids is 1. The summed E-state index contributed by atoms with van der Waals surface area (Å²) in [5, 5.41) is 0. The predicted molar refractivity (Wildman–Crippen MR) is 156 cm³/mol. The fraction of sp³-hybridized carbons (Fsp3) is 0.471. The first-order valence-corrected chi connectivity index (χ1v) is 13.8. The Hall–Kier alpha value is -2.74. The summed E-state index contributed by atoms with van der Waals surface area (Å²) in [4.78, 5) is 18.9. The van der Waals surface area contributed by atoms with E-state index < -0.39 is 0 Å². The van der Waals surface area contributed by atoms with Gasteiger partial charge in [0.05, 0.1) is 0 Å². The van der Waals surface area contributed by atoms with Gasteiger partial charge in [0.15, 0.2) is 5.78 Å². The standard InChI is InChI=1S/C34H45NO/c1-7-9-10-14-17-31(36)33(25(5)8-2)34(28-15-12-11-13-16-28)32(24(3)4)26(6)35-21-20-27-18-19-29-23-30(29)22-27/h7,9,11-13,15-16,18-19,23,27,30,34H,8,10,14,17,20-22H2,1-6H3. The second-order valence-corrected chi connectivity index (χ2v) is 10.6. The Morgan fingerprint density at radius 2 is 1.86 bits per heavy atom. The molecule has 0 bridgehead atoms. The highest BCUT2D eigenvalue weighted by Crippen LogP contribution is 2.41. The molecule has 0 radical (unpaired) electrons. The van der Waals surface area contributed by atoms with Gasteiger partial charge < -0.3 is 0 Å². The van der Waals surface area contributed by atoms with Crippen LogP contribution in [0.25, 0.3) is 0 Å². The molecular weight excluding hydrogens is 438 g/mol. The summed E-state index contributed by atoms with van der Waals surface area (Å²) in [7, 11) is 0. The summed E-state index contributed by atoms with van der Waals surface area (Å²) in [5.74, 6) is 1.54. The Bertz CT molecular complexity index is 1090. The van der Waals surface area contributed by atoms with Crippen LogP contribution in [0.15, 0.2) is 93.6 Å². The van der Waals surface area contributed by atoms with Crippen molar-refractivity contribution in [2.24, 2.45) is 16.8 Å². The summed E-state index contributed by atoms with van der Waals surface area (Å²) >= 11 is 0. The third kappa shape index (κ3) is 7.38. The molecule has 0 heterocycles. The number of hydrogen-bond acceptors (Lipinski definition) is 2. The van der Waals surface area contributed by atoms with Gasteiger partial charge in [-0.15, -0.1) is 0 Å². The number of aliphatic imine (C=N–C) groups is 1. The SMILES string of the molecule is CC=CCCCC(=O)C(=C(C)CC)C(C(C(C)=NCCC1C=CC2=CC2C1)=C(C)C)c1ccccc1. The Kier molecular flexibility index (Phi) is 10.5. The Labute approximate surface area is 219 Å². The third-order valence-electron chi connectivity index (χ3n) is 7.62. The first kappa shape index (κ1) is 27.8. The van der Waals surface area contributed by atoms with Crippen molar-refractivity contribution in [1.82, 2.24) is 0 Å². The average Bonchev–Trinajstić information content (AvgIpc) is 3.65. The highest BCUT2D eigenvalue weighted by molar-refractivity contribution is 6.05. The van der Waals surface area contributed by atoms with Gasteiger partial charge in [0.1, 0.15) is 0 Å². The molecule has 2 aliphatic carbocycles. The van der Waals surface area contributed by atoms with Crippen molar-refractivity contribution < 1.29 is 4.79 Å². The van der Waals surface area contributed by atoms with Gasteiger partial charge in [-0.2, -0.15) is 0 Å². The molecule has 3 unspecified atom stereocenters. The lowest BCUT2D eigenvalue weighted by Gasteiger charge is -2.27. The van der Waals surface area contributed by atoms with Gasteiger partial charge in [-0.05, 0) is 89.4 Å². The molecular formula is C34H45NO. The number of benzene rings is 1. The molecule has 1 aromatic rings. The molecule has 0 amide bonds. The van der Waals surface area contributed by atoms with Crippen LogP contribution in [-0.2, 0) is 4.79 Å². The van der Waals surface area contributed by atoms with Gasteiger partial charge in [-0.3, -0.25) is 9.79 Å². The van der Waals surface area contributed by atoms with Crippen LogP contribution in [-0.4, -0.2) is 18.0 Å². The van der Waals surface area contributed by atoms with Crippen LogP contribution in [0.2, 0.25) is 0 Å². The minimum Gasteiger partial charge on any atom is -0.295 e. The zero-order valence-corrected chi connectivity index (χ0v) is 23.3. The van der Waals surface area contributed by atoms with Gasteiger partial charge >= 0.3 is 0 Å². The van der Waals surface area contributed by atoms with E-state index in [1.807, 2.05) is 6.92 Å². The minimum atomic E-state index is -0.0816. The van der Waals surface area contributed by atoms with Crippen molar-refractivity contribution in [3.63, 3.8) is 0 Å². The molecule has 1 aromatic carbocycles. The zero-order chi connectivity index (χ0) is 26.1. The van der Waals surface area contributed by atoms with Gasteiger partial charge in [-0.1, -0.05) is 78.8 Å². The first-order chi connectivity index (χ1) is 17.4. The number of nitrogens with zero attached hydrogens (tertiary/aromatic N) is 1. The van der Waals surface area contributed by atoms with Crippen LogP contribution in [0.1, 0.15) is 91.5 Å². The molecule has 3 rings (SSSR count). The van der Waals surface area contributed by atoms with Crippen molar-refractivity contribution in [2.75, 3.05) is 6.54 Å². The van der Waals surface area contributed by atoms with Crippen LogP contribution in [0.5, 0.6) is 0 Å². The molecule has 3 atom stereocenters. The lowest BCUT2D eigenvalue weighted by Crippen LogP contribution is -2.21. The van der Waals surface area contributed by atoms with Crippen molar-refractivity contribution in [1.29, 1.82) is 0 Å². The summed E-state index contributed by atoms with van der Waals surface area (Å²) in [6, 6.07) is 10.6. The van der Waals surface area contributed by atoms with Crippen molar-refractivity contribution in [2.45, 2.75) is 86.0 Å². The van der Waals surface area contributed by atoms with E-state index in [4.69, 9.17) is 4.99 Å². The van der Waals surface area contributed by atoms with E-state index >= 15 is 0 Å². The molecule has 0 fully saturated rings. The van der Waals surface area contributed by atoms with Crippen molar-refractivity contribution in [3.8, 4) is 0 Å². The second-order valence-electron chi connectivity index (χ2n) is 10.6. The van der Waals surface area contributed by atoms with Crippen molar-refractivity contribution in [3.05, 3.63) is 94.1 Å². The Balaban J connectivity index is 1.92. The van der Waals surface area contributed by atoms with Gasteiger partial charge in [0.25, 0.3) is 0 Å². The van der Waals surface area contributed by atoms with Crippen LogP contribution in [0.4, 0.5) is 0 Å². The summed E-state index contributed by atoms with van der Waals surface area (Å²) in [6.07, 6.45) is 16.9. The molecule has 0 saturated heterocycles. The fourth-order valence-corrected chi connectivity index (χ4v) is 5.42. The van der Waals surface area contributed by atoms with Crippen molar-refractivity contribution >= 4 is 11.5 Å². The van der Waals surface area contributed by atoms with E-state index in [0.29, 0.717) is 12.3 Å². The molecule has 0 saturated carbocycles. The second kappa shape index (κ2) is 13.5. The molecule has 0 aromatic heterocycles. The highest BCUT2D eigenvalue weighted by Gasteiger charge is 2.30. The third-order valence-corrected chi connectivity index (χ3v) is 7.62. The zero-order valence-electron chi connectivity index (χ0n) is 23.3. The number of Topliss-reactive ketones (excluding diaryl/α,β-unsaturated/α-hetero) is 1. The molecule has 192 valence electrons. The van der Waals surface area contributed by atoms with Crippen LogP contribution >= 0.6 is 0 Å². The van der Waals surface area contributed by atoms with Crippen LogP contribution in [0.3, 0.4) is 0 Å². The van der Waals surface area contributed by atoms with E-state index in [1.165, 1.54) is 34.3 Å². The molecule has 2 nitrogen and oxygen atoms in total. The predicted octanol–water partition coefficient (Wildman–Crippen LogP) is 9.13. The van der Waals surface area contributed by atoms with E-state index in [2.05, 4.69) is 95.3 Å². The number of rotatable bonds is 13. The molecule has 36 heavy (non-hydrogen) atoms. The first-order valence-electron chi connectivity index (χ1n) is 13.8.